The molecule has 1 aromatic rings. The van der Waals surface area contributed by atoms with Crippen molar-refractivity contribution in [3.05, 3.63) is 31.5 Å². The summed E-state index contributed by atoms with van der Waals surface area (Å²) in [5.74, 6) is 0. The summed E-state index contributed by atoms with van der Waals surface area (Å²) in [4.78, 5) is 40.8. The van der Waals surface area contributed by atoms with Crippen LogP contribution in [0.3, 0.4) is 0 Å². The summed E-state index contributed by atoms with van der Waals surface area (Å²) in [5.41, 5.74) is -1.14. The van der Waals surface area contributed by atoms with Gasteiger partial charge in [-0.3, -0.25) is 0 Å². The summed E-state index contributed by atoms with van der Waals surface area (Å²) >= 11 is 0. The lowest BCUT2D eigenvalue weighted by atomic mass is 10.4. The minimum atomic E-state index is -1.34. The Bertz CT molecular complexity index is 835. The lowest BCUT2D eigenvalue weighted by Crippen LogP contribution is -2.55. The Morgan fingerprint density at radius 2 is 0.564 bits per heavy atom. The molecule has 228 valence electrons. The van der Waals surface area contributed by atoms with Crippen molar-refractivity contribution in [1.82, 2.24) is 13.7 Å². The molecule has 0 saturated carbocycles. The zero-order valence-corrected chi connectivity index (χ0v) is 30.3. The van der Waals surface area contributed by atoms with Crippen molar-refractivity contribution in [2.75, 3.05) is 0 Å². The zero-order chi connectivity index (χ0) is 29.7. The number of hydrogen-bond donors (Lipinski definition) is 0. The molecule has 1 heterocycles. The number of hydrogen-bond acceptors (Lipinski definition) is 3. The summed E-state index contributed by atoms with van der Waals surface area (Å²) in [7, 11) is -4.01. The van der Waals surface area contributed by atoms with Gasteiger partial charge in [0.15, 0.2) is 0 Å². The van der Waals surface area contributed by atoms with Crippen molar-refractivity contribution < 1.29 is 0 Å². The van der Waals surface area contributed by atoms with Crippen LogP contribution in [-0.2, 0) is 19.6 Å². The maximum atomic E-state index is 13.6. The van der Waals surface area contributed by atoms with E-state index in [9.17, 15) is 14.4 Å². The van der Waals surface area contributed by atoms with Crippen LogP contribution in [0, 0.1) is 0 Å². The van der Waals surface area contributed by atoms with Crippen LogP contribution >= 0.6 is 0 Å². The predicted octanol–water partition coefficient (Wildman–Crippen LogP) is 7.87. The van der Waals surface area contributed by atoms with E-state index in [1.807, 2.05) is 0 Å². The third-order valence-corrected chi connectivity index (χ3v) is 29.1. The molecule has 9 heteroatoms. The molecule has 1 aromatic heterocycles. The fourth-order valence-corrected chi connectivity index (χ4v) is 17.3. The van der Waals surface area contributed by atoms with E-state index in [0.717, 1.165) is 37.4 Å². The highest BCUT2D eigenvalue weighted by Gasteiger charge is 2.29. The fourth-order valence-electron chi connectivity index (χ4n) is 6.93. The zero-order valence-electron chi connectivity index (χ0n) is 27.3. The Labute approximate surface area is 242 Å². The van der Waals surface area contributed by atoms with E-state index in [1.165, 1.54) is 68.1 Å². The first-order valence-electron chi connectivity index (χ1n) is 16.5. The van der Waals surface area contributed by atoms with E-state index < -0.39 is 24.2 Å². The summed E-state index contributed by atoms with van der Waals surface area (Å²) < 4.78 is 4.24. The molecule has 0 aromatic carbocycles. The number of aromatic nitrogens is 3. The predicted molar refractivity (Wildman–Crippen MR) is 179 cm³/mol. The van der Waals surface area contributed by atoms with Crippen molar-refractivity contribution in [2.24, 2.45) is 0 Å². The van der Waals surface area contributed by atoms with Gasteiger partial charge in [-0.2, -0.15) is 0 Å². The van der Waals surface area contributed by atoms with E-state index in [0.29, 0.717) is 19.6 Å². The summed E-state index contributed by atoms with van der Waals surface area (Å²) in [6.07, 6.45) is 2.55. The van der Waals surface area contributed by atoms with E-state index in [1.54, 1.807) is 0 Å². The summed E-state index contributed by atoms with van der Waals surface area (Å²) in [5, 5.41) is 0. The highest BCUT2D eigenvalue weighted by molar-refractivity contribution is 6.80. The third-order valence-electron chi connectivity index (χ3n) is 11.4. The molecule has 0 amide bonds. The first-order chi connectivity index (χ1) is 18.6. The molecule has 1 rings (SSSR count). The maximum absolute atomic E-state index is 13.6. The summed E-state index contributed by atoms with van der Waals surface area (Å²) in [6, 6.07) is 14.6. The Balaban J connectivity index is 3.37. The Morgan fingerprint density at radius 1 is 0.385 bits per heavy atom. The van der Waals surface area contributed by atoms with Gasteiger partial charge in [-0.15, -0.1) is 0 Å². The third kappa shape index (κ3) is 9.02. The quantitative estimate of drug-likeness (QED) is 0.135. The van der Waals surface area contributed by atoms with E-state index in [2.05, 4.69) is 62.3 Å². The van der Waals surface area contributed by atoms with Crippen molar-refractivity contribution in [2.45, 2.75) is 174 Å². The SMILES string of the molecule is CC[Si](CC)(CC)CCCn1c(=O)n(CCC[Si](CC)(CC)CC)c(=O)n(CCC[Si](CC)(CC)CC)c1=O. The molecular weight excluding hydrogens is 535 g/mol. The van der Waals surface area contributed by atoms with Gasteiger partial charge < -0.3 is 0 Å². The molecule has 39 heavy (non-hydrogen) atoms. The van der Waals surface area contributed by atoms with Gasteiger partial charge in [-0.25, -0.2) is 28.1 Å². The lowest BCUT2D eigenvalue weighted by Gasteiger charge is -2.29. The van der Waals surface area contributed by atoms with Gasteiger partial charge in [-0.05, 0) is 19.3 Å². The standard InChI is InChI=1S/C30H63N3O3Si3/c1-10-37(11-2,12-3)25-19-22-31-28(34)32(23-20-26-38(13-4,14-5)15-6)30(36)33(29(31)35)24-21-27-39(16-7,17-8)18-9/h10-27H2,1-9H3. The Kier molecular flexibility index (Phi) is 15.8. The smallest absolute Gasteiger partial charge is 0.247 e. The van der Waals surface area contributed by atoms with Crippen molar-refractivity contribution >= 4 is 24.2 Å². The molecule has 0 unspecified atom stereocenters. The van der Waals surface area contributed by atoms with Gasteiger partial charge in [-0.1, -0.05) is 135 Å². The van der Waals surface area contributed by atoms with Crippen LogP contribution < -0.4 is 17.1 Å². The molecule has 0 radical (unpaired) electrons. The van der Waals surface area contributed by atoms with Gasteiger partial charge >= 0.3 is 17.1 Å². The van der Waals surface area contributed by atoms with Gasteiger partial charge in [0, 0.05) is 19.6 Å². The van der Waals surface area contributed by atoms with Crippen LogP contribution in [0.15, 0.2) is 14.4 Å². The molecule has 0 saturated heterocycles. The van der Waals surface area contributed by atoms with Crippen LogP contribution in [0.1, 0.15) is 81.6 Å². The second kappa shape index (κ2) is 17.1. The Morgan fingerprint density at radius 3 is 0.718 bits per heavy atom. The first kappa shape index (κ1) is 36.1. The minimum Gasteiger partial charge on any atom is -0.247 e. The second-order valence-corrected chi connectivity index (χ2v) is 29.2. The van der Waals surface area contributed by atoms with Crippen molar-refractivity contribution in [3.8, 4) is 0 Å². The molecule has 0 bridgehead atoms. The molecule has 0 aliphatic heterocycles. The Hall–Kier alpha value is -0.939. The highest BCUT2D eigenvalue weighted by Crippen LogP contribution is 2.28. The fraction of sp³-hybridized carbons (Fsp3) is 0.900. The van der Waals surface area contributed by atoms with Crippen LogP contribution in [0.25, 0.3) is 0 Å². The summed E-state index contributed by atoms with van der Waals surface area (Å²) in [6.45, 7) is 22.0. The van der Waals surface area contributed by atoms with Crippen molar-refractivity contribution in [1.29, 1.82) is 0 Å². The van der Waals surface area contributed by atoms with Crippen LogP contribution in [0.4, 0.5) is 0 Å². The van der Waals surface area contributed by atoms with E-state index in [-0.39, 0.29) is 17.1 Å². The molecule has 0 fully saturated rings. The number of nitrogens with zero attached hydrogens (tertiary/aromatic N) is 3. The molecule has 0 aliphatic carbocycles. The highest BCUT2D eigenvalue weighted by atomic mass is 28.3. The van der Waals surface area contributed by atoms with Crippen LogP contribution in [-0.4, -0.2) is 37.9 Å². The van der Waals surface area contributed by atoms with Crippen LogP contribution in [0.5, 0.6) is 0 Å². The van der Waals surface area contributed by atoms with Gasteiger partial charge in [0.05, 0.1) is 24.2 Å². The van der Waals surface area contributed by atoms with E-state index >= 15 is 0 Å². The molecule has 6 nitrogen and oxygen atoms in total. The topological polar surface area (TPSA) is 66.0 Å². The van der Waals surface area contributed by atoms with Gasteiger partial charge in [0.2, 0.25) is 0 Å². The first-order valence-corrected chi connectivity index (χ1v) is 25.0. The van der Waals surface area contributed by atoms with Crippen molar-refractivity contribution in [3.63, 3.8) is 0 Å². The second-order valence-electron chi connectivity index (χ2n) is 12.3. The molecule has 0 atom stereocenters. The molecule has 0 N–H and O–H groups in total. The van der Waals surface area contributed by atoms with Crippen LogP contribution in [0.2, 0.25) is 72.5 Å². The molecular formula is C30H63N3O3Si3. The molecule has 0 aliphatic rings. The monoisotopic (exact) mass is 597 g/mol. The maximum Gasteiger partial charge on any atom is 0.336 e. The van der Waals surface area contributed by atoms with E-state index in [4.69, 9.17) is 0 Å². The average molecular weight is 598 g/mol. The lowest BCUT2D eigenvalue weighted by molar-refractivity contribution is 0.436. The van der Waals surface area contributed by atoms with Gasteiger partial charge in [0.1, 0.15) is 0 Å². The average Bonchev–Trinajstić information content (AvgIpc) is 2.97. The van der Waals surface area contributed by atoms with Gasteiger partial charge in [0.25, 0.3) is 0 Å². The molecule has 0 spiro atoms. The number of rotatable bonds is 21. The largest absolute Gasteiger partial charge is 0.336 e. The normalized spacial score (nSPS) is 12.8. The minimum absolute atomic E-state index is 0.380.